The van der Waals surface area contributed by atoms with E-state index in [9.17, 15) is 19.5 Å². The SMILES string of the molecule is COc1ccc(NC(=O)C(c2cccc(C)c2O)N(C)C(=O)C(Cc2ccccc2)NC(=O)OC(C)(C)C)cc1. The second-order valence-electron chi connectivity index (χ2n) is 10.5. The molecule has 0 radical (unpaired) electrons. The Labute approximate surface area is 235 Å². The molecule has 3 N–H and O–H groups in total. The predicted molar refractivity (Wildman–Crippen MR) is 153 cm³/mol. The van der Waals surface area contributed by atoms with E-state index in [0.717, 1.165) is 5.56 Å². The highest BCUT2D eigenvalue weighted by Gasteiger charge is 2.35. The molecule has 0 aliphatic carbocycles. The van der Waals surface area contributed by atoms with E-state index in [1.807, 2.05) is 30.3 Å². The third kappa shape index (κ3) is 7.99. The fraction of sp³-hybridized carbons (Fsp3) is 0.323. The van der Waals surface area contributed by atoms with Crippen molar-refractivity contribution < 1.29 is 29.0 Å². The monoisotopic (exact) mass is 547 g/mol. The summed E-state index contributed by atoms with van der Waals surface area (Å²) in [4.78, 5) is 41.6. The number of nitrogens with one attached hydrogen (secondary N) is 2. The number of hydrogen-bond donors (Lipinski definition) is 3. The molecule has 2 atom stereocenters. The van der Waals surface area contributed by atoms with Gasteiger partial charge in [-0.15, -0.1) is 0 Å². The molecular weight excluding hydrogens is 510 g/mol. The van der Waals surface area contributed by atoms with Crippen LogP contribution in [-0.2, 0) is 20.7 Å². The lowest BCUT2D eigenvalue weighted by Crippen LogP contribution is -2.52. The largest absolute Gasteiger partial charge is 0.507 e. The maximum Gasteiger partial charge on any atom is 0.408 e. The zero-order chi connectivity index (χ0) is 29.4. The Balaban J connectivity index is 1.97. The van der Waals surface area contributed by atoms with Gasteiger partial charge in [0.15, 0.2) is 0 Å². The normalized spacial score (nSPS) is 12.6. The van der Waals surface area contributed by atoms with Gasteiger partial charge in [0.1, 0.15) is 29.2 Å². The van der Waals surface area contributed by atoms with Gasteiger partial charge in [-0.1, -0.05) is 48.5 Å². The van der Waals surface area contributed by atoms with Crippen molar-refractivity contribution >= 4 is 23.6 Å². The first-order valence-electron chi connectivity index (χ1n) is 12.9. The van der Waals surface area contributed by atoms with Crippen molar-refractivity contribution in [1.82, 2.24) is 10.2 Å². The van der Waals surface area contributed by atoms with Gasteiger partial charge in [-0.05, 0) is 63.1 Å². The Hall–Kier alpha value is -4.53. The number of ether oxygens (including phenoxy) is 2. The number of alkyl carbamates (subject to hydrolysis) is 1. The molecule has 0 aliphatic rings. The third-order valence-corrected chi connectivity index (χ3v) is 6.18. The summed E-state index contributed by atoms with van der Waals surface area (Å²) in [7, 11) is 3.01. The molecule has 3 aromatic carbocycles. The molecule has 2 unspecified atom stereocenters. The van der Waals surface area contributed by atoms with E-state index in [1.54, 1.807) is 77.3 Å². The molecule has 9 nitrogen and oxygen atoms in total. The van der Waals surface area contributed by atoms with Crippen LogP contribution >= 0.6 is 0 Å². The summed E-state index contributed by atoms with van der Waals surface area (Å²) in [6, 6.07) is 18.7. The van der Waals surface area contributed by atoms with E-state index in [1.165, 1.54) is 11.9 Å². The molecule has 0 saturated carbocycles. The Morgan fingerprint density at radius 2 is 1.60 bits per heavy atom. The van der Waals surface area contributed by atoms with Gasteiger partial charge in [0, 0.05) is 24.7 Å². The van der Waals surface area contributed by atoms with Gasteiger partial charge in [0.05, 0.1) is 7.11 Å². The summed E-state index contributed by atoms with van der Waals surface area (Å²) in [6.45, 7) is 6.90. The quantitative estimate of drug-likeness (QED) is 0.348. The van der Waals surface area contributed by atoms with Gasteiger partial charge in [0.25, 0.3) is 5.91 Å². The number of carbonyl (C=O) groups is 3. The van der Waals surface area contributed by atoms with E-state index in [-0.39, 0.29) is 17.7 Å². The number of phenolic OH excluding ortho intramolecular Hbond substituents is 1. The Bertz CT molecular complexity index is 1320. The van der Waals surface area contributed by atoms with Crippen molar-refractivity contribution in [2.45, 2.75) is 51.8 Å². The van der Waals surface area contributed by atoms with Crippen molar-refractivity contribution in [2.75, 3.05) is 19.5 Å². The first-order chi connectivity index (χ1) is 18.9. The highest BCUT2D eigenvalue weighted by Crippen LogP contribution is 2.32. The molecule has 40 heavy (non-hydrogen) atoms. The van der Waals surface area contributed by atoms with E-state index in [0.29, 0.717) is 17.0 Å². The van der Waals surface area contributed by atoms with Gasteiger partial charge >= 0.3 is 6.09 Å². The van der Waals surface area contributed by atoms with Crippen molar-refractivity contribution in [3.63, 3.8) is 0 Å². The second kappa shape index (κ2) is 13.0. The van der Waals surface area contributed by atoms with E-state index in [4.69, 9.17) is 9.47 Å². The second-order valence-corrected chi connectivity index (χ2v) is 10.5. The molecule has 0 aromatic heterocycles. The van der Waals surface area contributed by atoms with Crippen LogP contribution in [0.3, 0.4) is 0 Å². The number of hydrogen-bond acceptors (Lipinski definition) is 6. The number of anilines is 1. The first-order valence-corrected chi connectivity index (χ1v) is 12.9. The number of likely N-dealkylation sites (N-methyl/N-ethyl adjacent to an activating group) is 1. The molecule has 0 heterocycles. The first kappa shape index (κ1) is 30.0. The van der Waals surface area contributed by atoms with Crippen LogP contribution < -0.4 is 15.4 Å². The number of rotatable bonds is 9. The molecule has 0 bridgehead atoms. The lowest BCUT2D eigenvalue weighted by molar-refractivity contribution is -0.139. The highest BCUT2D eigenvalue weighted by molar-refractivity contribution is 5.99. The Morgan fingerprint density at radius 1 is 0.950 bits per heavy atom. The summed E-state index contributed by atoms with van der Waals surface area (Å²) in [5.74, 6) is -0.560. The minimum atomic E-state index is -1.21. The van der Waals surface area contributed by atoms with Crippen LogP contribution in [0.1, 0.15) is 43.5 Å². The number of amides is 3. The summed E-state index contributed by atoms with van der Waals surface area (Å²) >= 11 is 0. The zero-order valence-corrected chi connectivity index (χ0v) is 23.7. The molecule has 0 spiro atoms. The van der Waals surface area contributed by atoms with Crippen LogP contribution in [0.5, 0.6) is 11.5 Å². The van der Waals surface area contributed by atoms with Gasteiger partial charge in [-0.2, -0.15) is 0 Å². The van der Waals surface area contributed by atoms with Gasteiger partial charge in [-0.3, -0.25) is 9.59 Å². The van der Waals surface area contributed by atoms with Crippen molar-refractivity contribution in [2.24, 2.45) is 0 Å². The molecule has 0 fully saturated rings. The number of methoxy groups -OCH3 is 1. The lowest BCUT2D eigenvalue weighted by atomic mass is 9.98. The summed E-state index contributed by atoms with van der Waals surface area (Å²) in [6.07, 6.45) is -0.594. The number of nitrogens with zero attached hydrogens (tertiary/aromatic N) is 1. The van der Waals surface area contributed by atoms with Crippen LogP contribution in [0, 0.1) is 6.92 Å². The van der Waals surface area contributed by atoms with Gasteiger partial charge in [-0.25, -0.2) is 4.79 Å². The number of carbonyl (C=O) groups excluding carboxylic acids is 3. The molecule has 3 amide bonds. The van der Waals surface area contributed by atoms with E-state index >= 15 is 0 Å². The Kier molecular flexibility index (Phi) is 9.77. The van der Waals surface area contributed by atoms with Crippen LogP contribution in [0.4, 0.5) is 10.5 Å². The van der Waals surface area contributed by atoms with Crippen LogP contribution in [0.2, 0.25) is 0 Å². The molecule has 212 valence electrons. The maximum absolute atomic E-state index is 14.0. The molecule has 0 aliphatic heterocycles. The van der Waals surface area contributed by atoms with Crippen LogP contribution in [0.15, 0.2) is 72.8 Å². The average molecular weight is 548 g/mol. The number of aryl methyl sites for hydroxylation is 1. The number of para-hydroxylation sites is 1. The third-order valence-electron chi connectivity index (χ3n) is 6.18. The van der Waals surface area contributed by atoms with Gasteiger partial charge in [0.2, 0.25) is 5.91 Å². The summed E-state index contributed by atoms with van der Waals surface area (Å²) < 4.78 is 10.6. The minimum Gasteiger partial charge on any atom is -0.507 e. The zero-order valence-electron chi connectivity index (χ0n) is 23.7. The standard InChI is InChI=1S/C31H37N3O6/c1-20-11-10-14-24(27(20)35)26(28(36)32-22-15-17-23(39-6)18-16-22)34(5)29(37)25(19-21-12-8-7-9-13-21)33-30(38)40-31(2,3)4/h7-18,25-26,35H,19H2,1-6H3,(H,32,36)(H,33,38). The topological polar surface area (TPSA) is 117 Å². The maximum atomic E-state index is 14.0. The van der Waals surface area contributed by atoms with Gasteiger partial charge < -0.3 is 30.1 Å². The average Bonchev–Trinajstić information content (AvgIpc) is 2.90. The number of benzene rings is 3. The minimum absolute atomic E-state index is 0.100. The van der Waals surface area contributed by atoms with Crippen molar-refractivity contribution in [1.29, 1.82) is 0 Å². The van der Waals surface area contributed by atoms with Crippen molar-refractivity contribution in [3.05, 3.63) is 89.5 Å². The number of phenols is 1. The highest BCUT2D eigenvalue weighted by atomic mass is 16.6. The van der Waals surface area contributed by atoms with Crippen LogP contribution in [0.25, 0.3) is 0 Å². The molecule has 0 saturated heterocycles. The number of aromatic hydroxyl groups is 1. The van der Waals surface area contributed by atoms with Crippen LogP contribution in [-0.4, -0.2) is 53.7 Å². The molecular formula is C31H37N3O6. The van der Waals surface area contributed by atoms with E-state index in [2.05, 4.69) is 10.6 Å². The van der Waals surface area contributed by atoms with E-state index < -0.39 is 35.6 Å². The lowest BCUT2D eigenvalue weighted by Gasteiger charge is -2.32. The smallest absolute Gasteiger partial charge is 0.408 e. The Morgan fingerprint density at radius 3 is 2.20 bits per heavy atom. The van der Waals surface area contributed by atoms with Crippen molar-refractivity contribution in [3.8, 4) is 11.5 Å². The molecule has 9 heteroatoms. The summed E-state index contributed by atoms with van der Waals surface area (Å²) in [5, 5.41) is 16.4. The fourth-order valence-corrected chi connectivity index (χ4v) is 4.19. The molecule has 3 aromatic rings. The fourth-order valence-electron chi connectivity index (χ4n) is 4.19. The molecule has 3 rings (SSSR count). The summed E-state index contributed by atoms with van der Waals surface area (Å²) in [5.41, 5.74) is 1.31. The predicted octanol–water partition coefficient (Wildman–Crippen LogP) is 4.98.